The van der Waals surface area contributed by atoms with E-state index in [4.69, 9.17) is 20.1 Å². The van der Waals surface area contributed by atoms with Crippen LogP contribution in [0.5, 0.6) is 5.75 Å². The molecule has 0 aliphatic carbocycles. The molecular weight excluding hydrogens is 240 g/mol. The molecule has 1 aromatic carbocycles. The van der Waals surface area contributed by atoms with Crippen LogP contribution in [0.1, 0.15) is 17.3 Å². The number of benzene rings is 1. The molecular formula is C12H14O6. The van der Waals surface area contributed by atoms with Gasteiger partial charge in [-0.25, -0.2) is 9.59 Å². The summed E-state index contributed by atoms with van der Waals surface area (Å²) in [5, 5.41) is 24.8. The molecule has 3 N–H and O–H groups in total. The summed E-state index contributed by atoms with van der Waals surface area (Å²) in [5.74, 6) is -1.47. The third kappa shape index (κ3) is 6.29. The Balaban J connectivity index is 0.000000411. The molecule has 0 aromatic heterocycles. The molecule has 0 saturated heterocycles. The molecule has 0 heterocycles. The molecule has 0 saturated carbocycles. The van der Waals surface area contributed by atoms with Gasteiger partial charge in [0.25, 0.3) is 0 Å². The van der Waals surface area contributed by atoms with Crippen molar-refractivity contribution in [2.24, 2.45) is 0 Å². The van der Waals surface area contributed by atoms with Crippen molar-refractivity contribution in [1.29, 1.82) is 0 Å². The first-order chi connectivity index (χ1) is 8.38. The predicted molar refractivity (Wildman–Crippen MR) is 63.6 cm³/mol. The molecule has 0 aliphatic heterocycles. The number of carboxylic acid groups (broad SMARTS) is 2. The van der Waals surface area contributed by atoms with Crippen molar-refractivity contribution in [2.75, 3.05) is 6.79 Å². The van der Waals surface area contributed by atoms with Crippen LogP contribution in [0, 0.1) is 0 Å². The van der Waals surface area contributed by atoms with E-state index in [1.165, 1.54) is 31.2 Å². The lowest BCUT2D eigenvalue weighted by Crippen LogP contribution is -1.97. The first kappa shape index (κ1) is 15.7. The molecule has 0 aliphatic rings. The average molecular weight is 254 g/mol. The molecule has 0 fully saturated rings. The van der Waals surface area contributed by atoms with Crippen molar-refractivity contribution >= 4 is 11.9 Å². The quantitative estimate of drug-likeness (QED) is 0.553. The number of carbonyl (C=O) groups is 2. The minimum absolute atomic E-state index is 0.176. The van der Waals surface area contributed by atoms with Crippen molar-refractivity contribution in [3.8, 4) is 5.75 Å². The zero-order valence-corrected chi connectivity index (χ0v) is 9.79. The molecule has 18 heavy (non-hydrogen) atoms. The summed E-state index contributed by atoms with van der Waals surface area (Å²) in [6.07, 6.45) is 0. The summed E-state index contributed by atoms with van der Waals surface area (Å²) in [7, 11) is 0. The fraction of sp³-hybridized carbons (Fsp3) is 0.167. The van der Waals surface area contributed by atoms with Crippen molar-refractivity contribution < 1.29 is 29.6 Å². The minimum atomic E-state index is -0.981. The highest BCUT2D eigenvalue weighted by molar-refractivity contribution is 5.87. The van der Waals surface area contributed by atoms with Gasteiger partial charge in [-0.3, -0.25) is 0 Å². The van der Waals surface area contributed by atoms with Crippen LogP contribution in [0.3, 0.4) is 0 Å². The molecule has 0 radical (unpaired) electrons. The molecule has 0 amide bonds. The lowest BCUT2D eigenvalue weighted by atomic mass is 10.2. The third-order valence-corrected chi connectivity index (χ3v) is 1.70. The number of hydrogen-bond donors (Lipinski definition) is 3. The topological polar surface area (TPSA) is 104 Å². The van der Waals surface area contributed by atoms with E-state index in [0.717, 1.165) is 0 Å². The van der Waals surface area contributed by atoms with Gasteiger partial charge < -0.3 is 20.1 Å². The van der Waals surface area contributed by atoms with Gasteiger partial charge in [-0.05, 0) is 31.2 Å². The Hall–Kier alpha value is -2.34. The summed E-state index contributed by atoms with van der Waals surface area (Å²) < 4.78 is 4.70. The van der Waals surface area contributed by atoms with Crippen molar-refractivity contribution in [3.63, 3.8) is 0 Å². The van der Waals surface area contributed by atoms with Crippen LogP contribution in [-0.2, 0) is 4.79 Å². The van der Waals surface area contributed by atoms with Crippen molar-refractivity contribution in [1.82, 2.24) is 0 Å². The van der Waals surface area contributed by atoms with E-state index in [-0.39, 0.29) is 11.1 Å². The van der Waals surface area contributed by atoms with Crippen LogP contribution in [0.4, 0.5) is 0 Å². The number of ether oxygens (including phenoxy) is 1. The van der Waals surface area contributed by atoms with Gasteiger partial charge in [-0.2, -0.15) is 0 Å². The van der Waals surface area contributed by atoms with Crippen LogP contribution >= 0.6 is 0 Å². The van der Waals surface area contributed by atoms with Crippen molar-refractivity contribution in [2.45, 2.75) is 6.92 Å². The van der Waals surface area contributed by atoms with E-state index in [1.807, 2.05) is 0 Å². The minimum Gasteiger partial charge on any atom is -0.478 e. The lowest BCUT2D eigenvalue weighted by Gasteiger charge is -2.00. The van der Waals surface area contributed by atoms with E-state index in [9.17, 15) is 9.59 Å². The standard InChI is InChI=1S/C8H8O4.C4H6O2/c9-5-12-7-3-1-6(2-4-7)8(10)11;1-3(2)4(5)6/h1-4,9H,5H2,(H,10,11);1H2,2H3,(H,5,6). The maximum Gasteiger partial charge on any atom is 0.335 e. The zero-order valence-electron chi connectivity index (χ0n) is 9.79. The van der Waals surface area contributed by atoms with E-state index in [0.29, 0.717) is 5.75 Å². The fourth-order valence-corrected chi connectivity index (χ4v) is 0.768. The first-order valence-electron chi connectivity index (χ1n) is 4.84. The maximum absolute atomic E-state index is 10.4. The van der Waals surface area contributed by atoms with Gasteiger partial charge in [0.05, 0.1) is 5.56 Å². The van der Waals surface area contributed by atoms with Gasteiger partial charge in [-0.1, -0.05) is 6.58 Å². The number of rotatable bonds is 4. The van der Waals surface area contributed by atoms with E-state index < -0.39 is 18.7 Å². The van der Waals surface area contributed by atoms with E-state index in [1.54, 1.807) is 0 Å². The molecule has 6 heteroatoms. The number of aliphatic carboxylic acids is 1. The monoisotopic (exact) mass is 254 g/mol. The number of carboxylic acids is 2. The number of aliphatic hydroxyl groups is 1. The van der Waals surface area contributed by atoms with E-state index in [2.05, 4.69) is 6.58 Å². The summed E-state index contributed by atoms with van der Waals surface area (Å²) >= 11 is 0. The Morgan fingerprint density at radius 1 is 1.22 bits per heavy atom. The Morgan fingerprint density at radius 3 is 1.94 bits per heavy atom. The first-order valence-corrected chi connectivity index (χ1v) is 4.84. The normalized spacial score (nSPS) is 8.78. The van der Waals surface area contributed by atoms with Crippen molar-refractivity contribution in [3.05, 3.63) is 42.0 Å². The third-order valence-electron chi connectivity index (χ3n) is 1.70. The fourth-order valence-electron chi connectivity index (χ4n) is 0.768. The highest BCUT2D eigenvalue weighted by Crippen LogP contribution is 2.11. The van der Waals surface area contributed by atoms with Gasteiger partial charge in [0.2, 0.25) is 0 Å². The van der Waals surface area contributed by atoms with Gasteiger partial charge in [0, 0.05) is 5.57 Å². The highest BCUT2D eigenvalue weighted by Gasteiger charge is 2.00. The van der Waals surface area contributed by atoms with Gasteiger partial charge in [-0.15, -0.1) is 0 Å². The van der Waals surface area contributed by atoms with Gasteiger partial charge in [0.1, 0.15) is 5.75 Å². The lowest BCUT2D eigenvalue weighted by molar-refractivity contribution is -0.132. The molecule has 0 atom stereocenters. The molecule has 98 valence electrons. The van der Waals surface area contributed by atoms with Crippen LogP contribution in [0.2, 0.25) is 0 Å². The van der Waals surface area contributed by atoms with Crippen LogP contribution in [0.25, 0.3) is 0 Å². The number of aliphatic hydroxyl groups excluding tert-OH is 1. The molecule has 0 unspecified atom stereocenters. The van der Waals surface area contributed by atoms with Crippen LogP contribution in [-0.4, -0.2) is 34.1 Å². The molecule has 1 aromatic rings. The van der Waals surface area contributed by atoms with Gasteiger partial charge in [0.15, 0.2) is 6.79 Å². The molecule has 0 spiro atoms. The zero-order chi connectivity index (χ0) is 14.1. The summed E-state index contributed by atoms with van der Waals surface area (Å²) in [6.45, 7) is 4.19. The van der Waals surface area contributed by atoms with E-state index >= 15 is 0 Å². The SMILES string of the molecule is C=C(C)C(=O)O.O=C(O)c1ccc(OCO)cc1. The summed E-state index contributed by atoms with van der Waals surface area (Å²) in [4.78, 5) is 20.0. The predicted octanol–water partition coefficient (Wildman–Crippen LogP) is 1.36. The second-order valence-electron chi connectivity index (χ2n) is 3.19. The maximum atomic E-state index is 10.4. The summed E-state index contributed by atoms with van der Waals surface area (Å²) in [6, 6.07) is 5.79. The second-order valence-corrected chi connectivity index (χ2v) is 3.19. The second kappa shape index (κ2) is 7.86. The number of hydrogen-bond acceptors (Lipinski definition) is 4. The molecule has 0 bridgehead atoms. The molecule has 6 nitrogen and oxygen atoms in total. The Labute approximate surface area is 104 Å². The summed E-state index contributed by atoms with van der Waals surface area (Å²) in [5.41, 5.74) is 0.371. The Kier molecular flexibility index (Phi) is 6.83. The Bertz CT molecular complexity index is 409. The average Bonchev–Trinajstić information content (AvgIpc) is 2.30. The van der Waals surface area contributed by atoms with Crippen LogP contribution < -0.4 is 4.74 Å². The highest BCUT2D eigenvalue weighted by atomic mass is 16.6. The Morgan fingerprint density at radius 2 is 1.67 bits per heavy atom. The smallest absolute Gasteiger partial charge is 0.335 e. The number of aromatic carboxylic acids is 1. The molecule has 1 rings (SSSR count). The largest absolute Gasteiger partial charge is 0.478 e. The van der Waals surface area contributed by atoms with Gasteiger partial charge >= 0.3 is 11.9 Å². The van der Waals surface area contributed by atoms with Crippen LogP contribution in [0.15, 0.2) is 36.4 Å².